The molecule has 104 valence electrons. The molecule has 1 fully saturated rings. The molecule has 1 aromatic rings. The second kappa shape index (κ2) is 5.97. The third kappa shape index (κ3) is 3.20. The lowest BCUT2D eigenvalue weighted by molar-refractivity contribution is 0.0566. The molecule has 6 heteroatoms. The van der Waals surface area contributed by atoms with E-state index in [0.29, 0.717) is 17.6 Å². The zero-order valence-corrected chi connectivity index (χ0v) is 11.8. The summed E-state index contributed by atoms with van der Waals surface area (Å²) in [6, 6.07) is 3.91. The number of nitrogens with zero attached hydrogens (tertiary/aromatic N) is 4. The molecular formula is C13H21N5O. The van der Waals surface area contributed by atoms with Gasteiger partial charge in [0.05, 0.1) is 0 Å². The normalized spacial score (nSPS) is 20.4. The Balaban J connectivity index is 2.03. The number of hydrogen-bond acceptors (Lipinski definition) is 5. The number of hydrogen-bond donors (Lipinski definition) is 1. The number of anilines is 1. The first-order valence-electron chi connectivity index (χ1n) is 6.69. The molecule has 0 aromatic carbocycles. The van der Waals surface area contributed by atoms with Crippen molar-refractivity contribution in [1.29, 1.82) is 0 Å². The number of carbonyl (C=O) groups is 1. The van der Waals surface area contributed by atoms with Crippen LogP contribution in [0.5, 0.6) is 0 Å². The molecule has 0 saturated carbocycles. The van der Waals surface area contributed by atoms with Crippen molar-refractivity contribution < 1.29 is 4.79 Å². The summed E-state index contributed by atoms with van der Waals surface area (Å²) in [4.78, 5) is 16.4. The molecule has 6 nitrogen and oxygen atoms in total. The van der Waals surface area contributed by atoms with Crippen molar-refractivity contribution in [2.45, 2.75) is 19.9 Å². The molecule has 1 aromatic heterocycles. The van der Waals surface area contributed by atoms with E-state index in [0.717, 1.165) is 26.2 Å². The molecule has 0 radical (unpaired) electrons. The SMILES string of the molecule is CCNc1ccc(C(=O)N2CCN(C)C(C)C2)nn1. The monoisotopic (exact) mass is 263 g/mol. The summed E-state index contributed by atoms with van der Waals surface area (Å²) in [6.07, 6.45) is 0. The Morgan fingerprint density at radius 1 is 1.42 bits per heavy atom. The molecule has 1 saturated heterocycles. The van der Waals surface area contributed by atoms with Gasteiger partial charge in [0.2, 0.25) is 0 Å². The van der Waals surface area contributed by atoms with E-state index in [1.54, 1.807) is 12.1 Å². The molecule has 2 rings (SSSR count). The van der Waals surface area contributed by atoms with Gasteiger partial charge in [-0.3, -0.25) is 4.79 Å². The average molecular weight is 263 g/mol. The standard InChI is InChI=1S/C13H21N5O/c1-4-14-12-6-5-11(15-16-12)13(19)18-8-7-17(3)10(2)9-18/h5-6,10H,4,7-9H2,1-3H3,(H,14,16). The summed E-state index contributed by atoms with van der Waals surface area (Å²) in [6.45, 7) is 7.29. The summed E-state index contributed by atoms with van der Waals surface area (Å²) in [5.41, 5.74) is 0.415. The van der Waals surface area contributed by atoms with Crippen molar-refractivity contribution >= 4 is 11.7 Å². The van der Waals surface area contributed by atoms with Crippen LogP contribution >= 0.6 is 0 Å². The highest BCUT2D eigenvalue weighted by molar-refractivity contribution is 5.92. The summed E-state index contributed by atoms with van der Waals surface area (Å²) < 4.78 is 0. The lowest BCUT2D eigenvalue weighted by Gasteiger charge is -2.37. The van der Waals surface area contributed by atoms with Crippen molar-refractivity contribution in [3.8, 4) is 0 Å². The van der Waals surface area contributed by atoms with Gasteiger partial charge in [0, 0.05) is 32.2 Å². The smallest absolute Gasteiger partial charge is 0.274 e. The quantitative estimate of drug-likeness (QED) is 0.869. The molecule has 1 amide bonds. The summed E-state index contributed by atoms with van der Waals surface area (Å²) in [5.74, 6) is 0.668. The largest absolute Gasteiger partial charge is 0.369 e. The van der Waals surface area contributed by atoms with E-state index in [2.05, 4.69) is 34.4 Å². The van der Waals surface area contributed by atoms with Crippen LogP contribution in [-0.4, -0.2) is 65.2 Å². The Morgan fingerprint density at radius 2 is 2.21 bits per heavy atom. The van der Waals surface area contributed by atoms with E-state index in [4.69, 9.17) is 0 Å². The van der Waals surface area contributed by atoms with Gasteiger partial charge in [-0.25, -0.2) is 0 Å². The summed E-state index contributed by atoms with van der Waals surface area (Å²) >= 11 is 0. The third-order valence-corrected chi connectivity index (χ3v) is 3.49. The van der Waals surface area contributed by atoms with Gasteiger partial charge in [-0.05, 0) is 33.0 Å². The van der Waals surface area contributed by atoms with Gasteiger partial charge in [-0.2, -0.15) is 0 Å². The minimum Gasteiger partial charge on any atom is -0.369 e. The van der Waals surface area contributed by atoms with Gasteiger partial charge in [-0.1, -0.05) is 0 Å². The second-order valence-corrected chi connectivity index (χ2v) is 4.91. The van der Waals surface area contributed by atoms with Crippen LogP contribution in [0.4, 0.5) is 5.82 Å². The zero-order valence-electron chi connectivity index (χ0n) is 11.8. The fourth-order valence-corrected chi connectivity index (χ4v) is 2.12. The van der Waals surface area contributed by atoms with Crippen LogP contribution in [0.1, 0.15) is 24.3 Å². The number of rotatable bonds is 3. The van der Waals surface area contributed by atoms with E-state index >= 15 is 0 Å². The van der Waals surface area contributed by atoms with Crippen molar-refractivity contribution in [1.82, 2.24) is 20.0 Å². The number of amides is 1. The Kier molecular flexibility index (Phi) is 4.31. The van der Waals surface area contributed by atoms with E-state index < -0.39 is 0 Å². The van der Waals surface area contributed by atoms with Gasteiger partial charge in [0.25, 0.3) is 5.91 Å². The maximum Gasteiger partial charge on any atom is 0.274 e. The first-order chi connectivity index (χ1) is 9.11. The van der Waals surface area contributed by atoms with Crippen molar-refractivity contribution in [2.75, 3.05) is 38.5 Å². The molecular weight excluding hydrogens is 242 g/mol. The maximum atomic E-state index is 12.3. The molecule has 1 aliphatic heterocycles. The van der Waals surface area contributed by atoms with Crippen LogP contribution < -0.4 is 5.32 Å². The third-order valence-electron chi connectivity index (χ3n) is 3.49. The first kappa shape index (κ1) is 13.7. The summed E-state index contributed by atoms with van der Waals surface area (Å²) in [7, 11) is 2.08. The van der Waals surface area contributed by atoms with Crippen LogP contribution in [0.2, 0.25) is 0 Å². The van der Waals surface area contributed by atoms with Gasteiger partial charge in [-0.15, -0.1) is 10.2 Å². The minimum absolute atomic E-state index is 0.0319. The molecule has 1 N–H and O–H groups in total. The lowest BCUT2D eigenvalue weighted by Crippen LogP contribution is -2.52. The van der Waals surface area contributed by atoms with Crippen molar-refractivity contribution in [2.24, 2.45) is 0 Å². The maximum absolute atomic E-state index is 12.3. The molecule has 0 aliphatic carbocycles. The van der Waals surface area contributed by atoms with Crippen LogP contribution in [0.15, 0.2) is 12.1 Å². The fourth-order valence-electron chi connectivity index (χ4n) is 2.12. The molecule has 0 spiro atoms. The average Bonchev–Trinajstić information content (AvgIpc) is 2.42. The predicted octanol–water partition coefficient (Wildman–Crippen LogP) is 0.684. The topological polar surface area (TPSA) is 61.4 Å². The zero-order chi connectivity index (χ0) is 13.8. The number of carbonyl (C=O) groups excluding carboxylic acids is 1. The first-order valence-corrected chi connectivity index (χ1v) is 6.69. The van der Waals surface area contributed by atoms with E-state index in [-0.39, 0.29) is 5.91 Å². The molecule has 1 aliphatic rings. The van der Waals surface area contributed by atoms with E-state index in [9.17, 15) is 4.79 Å². The number of piperazine rings is 1. The number of nitrogens with one attached hydrogen (secondary N) is 1. The van der Waals surface area contributed by atoms with Gasteiger partial charge < -0.3 is 15.1 Å². The highest BCUT2D eigenvalue weighted by atomic mass is 16.2. The highest BCUT2D eigenvalue weighted by Gasteiger charge is 2.25. The molecule has 1 unspecified atom stereocenters. The molecule has 19 heavy (non-hydrogen) atoms. The fraction of sp³-hybridized carbons (Fsp3) is 0.615. The highest BCUT2D eigenvalue weighted by Crippen LogP contribution is 2.11. The predicted molar refractivity (Wildman–Crippen MR) is 74.2 cm³/mol. The Morgan fingerprint density at radius 3 is 2.79 bits per heavy atom. The van der Waals surface area contributed by atoms with Gasteiger partial charge in [0.1, 0.15) is 5.82 Å². The van der Waals surface area contributed by atoms with Crippen LogP contribution in [0, 0.1) is 0 Å². The van der Waals surface area contributed by atoms with Crippen LogP contribution in [0.3, 0.4) is 0 Å². The summed E-state index contributed by atoms with van der Waals surface area (Å²) in [5, 5.41) is 11.1. The van der Waals surface area contributed by atoms with Crippen molar-refractivity contribution in [3.63, 3.8) is 0 Å². The van der Waals surface area contributed by atoms with E-state index in [1.807, 2.05) is 11.8 Å². The number of aromatic nitrogens is 2. The Bertz CT molecular complexity index is 433. The van der Waals surface area contributed by atoms with Crippen LogP contribution in [0.25, 0.3) is 0 Å². The van der Waals surface area contributed by atoms with Crippen molar-refractivity contribution in [3.05, 3.63) is 17.8 Å². The molecule has 2 heterocycles. The van der Waals surface area contributed by atoms with Crippen LogP contribution in [-0.2, 0) is 0 Å². The molecule has 0 bridgehead atoms. The Hall–Kier alpha value is -1.69. The van der Waals surface area contributed by atoms with E-state index in [1.165, 1.54) is 0 Å². The van der Waals surface area contributed by atoms with Gasteiger partial charge in [0.15, 0.2) is 5.69 Å². The molecule has 1 atom stereocenters. The second-order valence-electron chi connectivity index (χ2n) is 4.91. The lowest BCUT2D eigenvalue weighted by atomic mass is 10.2. The Labute approximate surface area is 113 Å². The minimum atomic E-state index is -0.0319. The van der Waals surface area contributed by atoms with Gasteiger partial charge >= 0.3 is 0 Å². The number of likely N-dealkylation sites (N-methyl/N-ethyl adjacent to an activating group) is 1.